The molecule has 28 heavy (non-hydrogen) atoms. The largest absolute Gasteiger partial charge is 0.335 e. The van der Waals surface area contributed by atoms with Gasteiger partial charge in [0.05, 0.1) is 16.1 Å². The first-order valence-corrected chi connectivity index (χ1v) is 10.8. The van der Waals surface area contributed by atoms with Crippen LogP contribution in [-0.2, 0) is 12.8 Å². The number of hydrogen-bond donors (Lipinski definition) is 0. The molecule has 0 N–H and O–H groups in total. The zero-order chi connectivity index (χ0) is 19.8. The molecule has 1 aromatic heterocycles. The minimum atomic E-state index is -0.467. The second-order valence-corrected chi connectivity index (χ2v) is 8.98. The van der Waals surface area contributed by atoms with Crippen LogP contribution in [0.15, 0.2) is 23.6 Å². The molecule has 0 radical (unpaired) electrons. The number of rotatable bonds is 2. The number of thiophene rings is 1. The summed E-state index contributed by atoms with van der Waals surface area (Å²) in [6.07, 6.45) is 3.17. The first-order chi connectivity index (χ1) is 13.4. The lowest BCUT2D eigenvalue weighted by Crippen LogP contribution is -2.50. The lowest BCUT2D eigenvalue weighted by atomic mass is 9.88. The fourth-order valence-electron chi connectivity index (χ4n) is 3.97. The van der Waals surface area contributed by atoms with Crippen molar-refractivity contribution in [3.05, 3.63) is 56.0 Å². The Morgan fingerprint density at radius 2 is 1.75 bits per heavy atom. The molecule has 0 saturated carbocycles. The van der Waals surface area contributed by atoms with Gasteiger partial charge < -0.3 is 9.80 Å². The van der Waals surface area contributed by atoms with Crippen molar-refractivity contribution in [3.8, 4) is 0 Å². The minimum Gasteiger partial charge on any atom is -0.335 e. The third-order valence-corrected chi connectivity index (χ3v) is 7.01. The molecule has 2 amide bonds. The Kier molecular flexibility index (Phi) is 5.43. The van der Waals surface area contributed by atoms with Gasteiger partial charge in [-0.1, -0.05) is 18.5 Å². The summed E-state index contributed by atoms with van der Waals surface area (Å²) >= 11 is 7.71. The Morgan fingerprint density at radius 1 is 1.11 bits per heavy atom. The van der Waals surface area contributed by atoms with Crippen molar-refractivity contribution in [1.29, 1.82) is 0 Å². The van der Waals surface area contributed by atoms with Crippen molar-refractivity contribution in [3.63, 3.8) is 0 Å². The molecule has 0 bridgehead atoms. The maximum atomic E-state index is 13.2. The van der Waals surface area contributed by atoms with Crippen LogP contribution in [0, 0.1) is 11.7 Å². The maximum Gasteiger partial charge on any atom is 0.255 e. The number of hydrogen-bond acceptors (Lipinski definition) is 3. The van der Waals surface area contributed by atoms with Crippen molar-refractivity contribution in [2.24, 2.45) is 5.92 Å². The molecule has 4 nitrogen and oxygen atoms in total. The summed E-state index contributed by atoms with van der Waals surface area (Å²) in [5.41, 5.74) is 2.36. The number of nitrogens with zero attached hydrogens (tertiary/aromatic N) is 2. The predicted molar refractivity (Wildman–Crippen MR) is 109 cm³/mol. The maximum absolute atomic E-state index is 13.2. The van der Waals surface area contributed by atoms with E-state index < -0.39 is 5.82 Å². The van der Waals surface area contributed by atoms with Gasteiger partial charge in [0.25, 0.3) is 11.8 Å². The van der Waals surface area contributed by atoms with Gasteiger partial charge in [-0.05, 0) is 48.9 Å². The number of carbonyl (C=O) groups excluding carboxylic acids is 2. The smallest absolute Gasteiger partial charge is 0.255 e. The Balaban J connectivity index is 1.42. The monoisotopic (exact) mass is 420 g/mol. The Hall–Kier alpha value is -1.92. The van der Waals surface area contributed by atoms with Crippen LogP contribution in [0.25, 0.3) is 0 Å². The molecule has 4 rings (SSSR count). The van der Waals surface area contributed by atoms with Gasteiger partial charge in [0.1, 0.15) is 5.82 Å². The van der Waals surface area contributed by atoms with Crippen LogP contribution in [-0.4, -0.2) is 47.8 Å². The molecule has 2 heterocycles. The van der Waals surface area contributed by atoms with Gasteiger partial charge in [-0.3, -0.25) is 9.59 Å². The Bertz CT molecular complexity index is 921. The summed E-state index contributed by atoms with van der Waals surface area (Å²) in [6.45, 7) is 4.13. The fourth-order valence-corrected chi connectivity index (χ4v) is 5.46. The van der Waals surface area contributed by atoms with E-state index in [4.69, 9.17) is 11.6 Å². The van der Waals surface area contributed by atoms with Gasteiger partial charge in [0.2, 0.25) is 0 Å². The number of benzene rings is 1. The van der Waals surface area contributed by atoms with E-state index >= 15 is 0 Å². The molecule has 1 aromatic carbocycles. The molecular weight excluding hydrogens is 399 g/mol. The number of fused-ring (bicyclic) bond motifs is 1. The van der Waals surface area contributed by atoms with Crippen molar-refractivity contribution in [1.82, 2.24) is 9.80 Å². The van der Waals surface area contributed by atoms with Crippen molar-refractivity contribution in [2.75, 3.05) is 26.2 Å². The molecular formula is C21H22ClFN2O2S. The normalized spacial score (nSPS) is 19.5. The number of amides is 2. The highest BCUT2D eigenvalue weighted by Gasteiger charge is 2.30. The fraction of sp³-hybridized carbons (Fsp3) is 0.429. The van der Waals surface area contributed by atoms with Crippen molar-refractivity contribution < 1.29 is 14.0 Å². The van der Waals surface area contributed by atoms with Crippen molar-refractivity contribution >= 4 is 34.8 Å². The summed E-state index contributed by atoms with van der Waals surface area (Å²) in [7, 11) is 0. The standard InChI is InChI=1S/C21H22ClFN2O2S/c1-13-2-4-15-17(12-28-19(15)10-13)21(27)25-8-6-24(7-9-25)20(26)16-5-3-14(23)11-18(16)22/h3,5,11-13H,2,4,6-10H2,1H3. The van der Waals surface area contributed by atoms with Crippen LogP contribution < -0.4 is 0 Å². The number of piperazine rings is 1. The molecule has 2 aliphatic rings. The van der Waals surface area contributed by atoms with Crippen molar-refractivity contribution in [2.45, 2.75) is 26.2 Å². The van der Waals surface area contributed by atoms with E-state index in [1.165, 1.54) is 22.6 Å². The van der Waals surface area contributed by atoms with E-state index in [9.17, 15) is 14.0 Å². The van der Waals surface area contributed by atoms with Crippen LogP contribution in [0.2, 0.25) is 5.02 Å². The van der Waals surface area contributed by atoms with Crippen LogP contribution in [0.3, 0.4) is 0 Å². The summed E-state index contributed by atoms with van der Waals surface area (Å²) in [5, 5.41) is 2.11. The van der Waals surface area contributed by atoms with Gasteiger partial charge in [-0.15, -0.1) is 11.3 Å². The van der Waals surface area contributed by atoms with Gasteiger partial charge >= 0.3 is 0 Å². The van der Waals surface area contributed by atoms with E-state index in [2.05, 4.69) is 6.92 Å². The van der Waals surface area contributed by atoms with Crippen LogP contribution >= 0.6 is 22.9 Å². The quantitative estimate of drug-likeness (QED) is 0.728. The van der Waals surface area contributed by atoms with E-state index in [-0.39, 0.29) is 16.8 Å². The summed E-state index contributed by atoms with van der Waals surface area (Å²) in [5.74, 6) is 0.0605. The van der Waals surface area contributed by atoms with E-state index in [1.807, 2.05) is 10.3 Å². The second kappa shape index (κ2) is 7.84. The number of carbonyl (C=O) groups is 2. The van der Waals surface area contributed by atoms with E-state index in [0.29, 0.717) is 37.7 Å². The predicted octanol–water partition coefficient (Wildman–Crippen LogP) is 4.26. The van der Waals surface area contributed by atoms with E-state index in [0.717, 1.165) is 30.9 Å². The highest BCUT2D eigenvalue weighted by molar-refractivity contribution is 7.10. The van der Waals surface area contributed by atoms with Crippen LogP contribution in [0.1, 0.15) is 44.5 Å². The topological polar surface area (TPSA) is 40.6 Å². The molecule has 1 fully saturated rings. The molecule has 0 spiro atoms. The summed E-state index contributed by atoms with van der Waals surface area (Å²) < 4.78 is 13.2. The van der Waals surface area contributed by atoms with Gasteiger partial charge in [0.15, 0.2) is 0 Å². The minimum absolute atomic E-state index is 0.0685. The average molecular weight is 421 g/mol. The SMILES string of the molecule is CC1CCc2c(C(=O)N3CCN(C(=O)c4ccc(F)cc4Cl)CC3)csc2C1. The highest BCUT2D eigenvalue weighted by atomic mass is 35.5. The highest BCUT2D eigenvalue weighted by Crippen LogP contribution is 2.33. The molecule has 1 aliphatic heterocycles. The zero-order valence-corrected chi connectivity index (χ0v) is 17.3. The third-order valence-electron chi connectivity index (χ3n) is 5.65. The molecule has 1 aliphatic carbocycles. The van der Waals surface area contributed by atoms with Crippen LogP contribution in [0.4, 0.5) is 4.39 Å². The van der Waals surface area contributed by atoms with Gasteiger partial charge in [-0.25, -0.2) is 4.39 Å². The lowest BCUT2D eigenvalue weighted by molar-refractivity contribution is 0.0535. The number of halogens is 2. The van der Waals surface area contributed by atoms with E-state index in [1.54, 1.807) is 16.2 Å². The first-order valence-electron chi connectivity index (χ1n) is 9.57. The molecule has 2 aromatic rings. The molecule has 7 heteroatoms. The average Bonchev–Trinajstić information content (AvgIpc) is 3.10. The lowest BCUT2D eigenvalue weighted by Gasteiger charge is -2.35. The van der Waals surface area contributed by atoms with Gasteiger partial charge in [-0.2, -0.15) is 0 Å². The first kappa shape index (κ1) is 19.4. The third kappa shape index (κ3) is 3.67. The second-order valence-electron chi connectivity index (χ2n) is 7.61. The Labute approximate surface area is 172 Å². The summed E-state index contributed by atoms with van der Waals surface area (Å²) in [4.78, 5) is 30.5. The van der Waals surface area contributed by atoms with Gasteiger partial charge in [0, 0.05) is 36.4 Å². The molecule has 1 unspecified atom stereocenters. The van der Waals surface area contributed by atoms with Crippen LogP contribution in [0.5, 0.6) is 0 Å². The summed E-state index contributed by atoms with van der Waals surface area (Å²) in [6, 6.07) is 3.80. The molecule has 148 valence electrons. The molecule has 1 atom stereocenters. The Morgan fingerprint density at radius 3 is 2.39 bits per heavy atom. The zero-order valence-electron chi connectivity index (χ0n) is 15.7. The molecule has 1 saturated heterocycles.